The molecule has 0 aliphatic carbocycles. The van der Waals surface area contributed by atoms with Crippen LogP contribution >= 0.6 is 0 Å². The summed E-state index contributed by atoms with van der Waals surface area (Å²) < 4.78 is 15.0. The summed E-state index contributed by atoms with van der Waals surface area (Å²) in [6, 6.07) is 4.86. The Bertz CT molecular complexity index is 421. The first-order valence-corrected chi connectivity index (χ1v) is 5.79. The lowest BCUT2D eigenvalue weighted by molar-refractivity contribution is 0.0609. The van der Waals surface area contributed by atoms with Crippen LogP contribution in [-0.4, -0.2) is 51.6 Å². The van der Waals surface area contributed by atoms with Gasteiger partial charge >= 0.3 is 0 Å². The Kier molecular flexibility index (Phi) is 6.11. The smallest absolute Gasteiger partial charge is 0.251 e. The van der Waals surface area contributed by atoms with E-state index in [9.17, 15) is 9.90 Å². The maximum atomic E-state index is 11.9. The molecule has 106 valence electrons. The number of ether oxygens (including phenoxy) is 3. The van der Waals surface area contributed by atoms with Gasteiger partial charge in [-0.1, -0.05) is 0 Å². The summed E-state index contributed by atoms with van der Waals surface area (Å²) in [7, 11) is 4.51. The molecule has 6 nitrogen and oxygen atoms in total. The zero-order valence-electron chi connectivity index (χ0n) is 11.3. The van der Waals surface area contributed by atoms with Crippen molar-refractivity contribution in [1.82, 2.24) is 5.32 Å². The van der Waals surface area contributed by atoms with Gasteiger partial charge in [0.15, 0.2) is 11.5 Å². The second-order valence-electron chi connectivity index (χ2n) is 3.89. The zero-order chi connectivity index (χ0) is 14.3. The second kappa shape index (κ2) is 7.60. The molecule has 0 aliphatic heterocycles. The monoisotopic (exact) mass is 269 g/mol. The molecular formula is C13H19NO5. The van der Waals surface area contributed by atoms with Crippen molar-refractivity contribution in [2.75, 3.05) is 34.5 Å². The van der Waals surface area contributed by atoms with Gasteiger partial charge < -0.3 is 24.6 Å². The number of aliphatic hydroxyl groups excluding tert-OH is 1. The summed E-state index contributed by atoms with van der Waals surface area (Å²) in [5, 5.41) is 12.1. The number of nitrogens with one attached hydrogen (secondary N) is 1. The third kappa shape index (κ3) is 4.42. The van der Waals surface area contributed by atoms with Crippen molar-refractivity contribution in [3.8, 4) is 11.5 Å². The minimum Gasteiger partial charge on any atom is -0.493 e. The van der Waals surface area contributed by atoms with Crippen molar-refractivity contribution in [3.63, 3.8) is 0 Å². The molecule has 1 aromatic rings. The number of amides is 1. The van der Waals surface area contributed by atoms with Gasteiger partial charge in [-0.2, -0.15) is 0 Å². The summed E-state index contributed by atoms with van der Waals surface area (Å²) in [5.41, 5.74) is 0.433. The molecule has 19 heavy (non-hydrogen) atoms. The fourth-order valence-corrected chi connectivity index (χ4v) is 1.54. The molecule has 0 fully saturated rings. The largest absolute Gasteiger partial charge is 0.493 e. The number of rotatable bonds is 7. The molecule has 0 saturated carbocycles. The number of benzene rings is 1. The first-order valence-electron chi connectivity index (χ1n) is 5.79. The summed E-state index contributed by atoms with van der Waals surface area (Å²) in [6.07, 6.45) is -0.728. The molecule has 0 aliphatic rings. The van der Waals surface area contributed by atoms with Crippen LogP contribution in [-0.2, 0) is 4.74 Å². The maximum absolute atomic E-state index is 11.9. The molecule has 0 spiro atoms. The third-order valence-electron chi connectivity index (χ3n) is 2.50. The van der Waals surface area contributed by atoms with E-state index >= 15 is 0 Å². The summed E-state index contributed by atoms with van der Waals surface area (Å²) in [5.74, 6) is 0.738. The first kappa shape index (κ1) is 15.3. The van der Waals surface area contributed by atoms with Crippen LogP contribution < -0.4 is 14.8 Å². The molecule has 1 atom stereocenters. The van der Waals surface area contributed by atoms with Gasteiger partial charge in [-0.05, 0) is 18.2 Å². The molecule has 1 unspecified atom stereocenters. The summed E-state index contributed by atoms with van der Waals surface area (Å²) >= 11 is 0. The van der Waals surface area contributed by atoms with E-state index in [-0.39, 0.29) is 19.1 Å². The molecule has 0 radical (unpaired) electrons. The van der Waals surface area contributed by atoms with E-state index in [2.05, 4.69) is 5.32 Å². The van der Waals surface area contributed by atoms with E-state index in [0.29, 0.717) is 17.1 Å². The van der Waals surface area contributed by atoms with Gasteiger partial charge in [0.2, 0.25) is 0 Å². The van der Waals surface area contributed by atoms with Gasteiger partial charge in [-0.15, -0.1) is 0 Å². The van der Waals surface area contributed by atoms with Gasteiger partial charge in [0.1, 0.15) is 0 Å². The van der Waals surface area contributed by atoms with Crippen LogP contribution in [0.3, 0.4) is 0 Å². The number of hydrogen-bond acceptors (Lipinski definition) is 5. The minimum absolute atomic E-state index is 0.126. The van der Waals surface area contributed by atoms with Crippen molar-refractivity contribution >= 4 is 5.91 Å². The van der Waals surface area contributed by atoms with E-state index in [1.54, 1.807) is 18.2 Å². The Hall–Kier alpha value is -1.79. The zero-order valence-corrected chi connectivity index (χ0v) is 11.3. The lowest BCUT2D eigenvalue weighted by Gasteiger charge is -2.12. The van der Waals surface area contributed by atoms with Gasteiger partial charge in [0.25, 0.3) is 5.91 Å². The van der Waals surface area contributed by atoms with Gasteiger partial charge in [-0.3, -0.25) is 4.79 Å². The first-order chi connectivity index (χ1) is 9.12. The molecule has 0 heterocycles. The lowest BCUT2D eigenvalue weighted by atomic mass is 10.2. The fraction of sp³-hybridized carbons (Fsp3) is 0.462. The molecule has 1 amide bonds. The number of methoxy groups -OCH3 is 3. The Morgan fingerprint density at radius 3 is 2.53 bits per heavy atom. The number of carbonyl (C=O) groups is 1. The van der Waals surface area contributed by atoms with E-state index in [1.165, 1.54) is 21.3 Å². The standard InChI is InChI=1S/C13H19NO5/c1-17-8-10(15)7-14-13(16)9-4-5-11(18-2)12(6-9)19-3/h4-6,10,15H,7-8H2,1-3H3,(H,14,16). The molecule has 6 heteroatoms. The Labute approximate surface area is 112 Å². The third-order valence-corrected chi connectivity index (χ3v) is 2.50. The van der Waals surface area contributed by atoms with Gasteiger partial charge in [0.05, 0.1) is 26.9 Å². The molecule has 0 bridgehead atoms. The highest BCUT2D eigenvalue weighted by Crippen LogP contribution is 2.27. The number of aliphatic hydroxyl groups is 1. The number of hydrogen-bond donors (Lipinski definition) is 2. The van der Waals surface area contributed by atoms with E-state index < -0.39 is 6.10 Å². The van der Waals surface area contributed by atoms with Crippen LogP contribution in [0.1, 0.15) is 10.4 Å². The fourth-order valence-electron chi connectivity index (χ4n) is 1.54. The van der Waals surface area contributed by atoms with Crippen molar-refractivity contribution < 1.29 is 24.1 Å². The molecule has 1 aromatic carbocycles. The van der Waals surface area contributed by atoms with E-state index in [4.69, 9.17) is 14.2 Å². The topological polar surface area (TPSA) is 77.0 Å². The molecule has 0 saturated heterocycles. The van der Waals surface area contributed by atoms with Crippen LogP contribution in [0.25, 0.3) is 0 Å². The Morgan fingerprint density at radius 2 is 1.95 bits per heavy atom. The van der Waals surface area contributed by atoms with Crippen LogP contribution in [0.4, 0.5) is 0 Å². The minimum atomic E-state index is -0.728. The van der Waals surface area contributed by atoms with Crippen LogP contribution in [0.2, 0.25) is 0 Å². The SMILES string of the molecule is COCC(O)CNC(=O)c1ccc(OC)c(OC)c1. The van der Waals surface area contributed by atoms with Crippen molar-refractivity contribution in [3.05, 3.63) is 23.8 Å². The van der Waals surface area contributed by atoms with Gasteiger partial charge in [-0.25, -0.2) is 0 Å². The molecule has 2 N–H and O–H groups in total. The predicted molar refractivity (Wildman–Crippen MR) is 69.8 cm³/mol. The highest BCUT2D eigenvalue weighted by Gasteiger charge is 2.12. The predicted octanol–water partition coefficient (Wildman–Crippen LogP) is 0.441. The van der Waals surface area contributed by atoms with Crippen LogP contribution in [0, 0.1) is 0 Å². The second-order valence-corrected chi connectivity index (χ2v) is 3.89. The molecule has 1 rings (SSSR count). The maximum Gasteiger partial charge on any atom is 0.251 e. The summed E-state index contributed by atoms with van der Waals surface area (Å²) in [4.78, 5) is 11.9. The molecular weight excluding hydrogens is 250 g/mol. The van der Waals surface area contributed by atoms with E-state index in [1.807, 2.05) is 0 Å². The average Bonchev–Trinajstić information content (AvgIpc) is 2.44. The lowest BCUT2D eigenvalue weighted by Crippen LogP contribution is -2.34. The normalized spacial score (nSPS) is 11.8. The Morgan fingerprint density at radius 1 is 1.26 bits per heavy atom. The van der Waals surface area contributed by atoms with Crippen molar-refractivity contribution in [2.45, 2.75) is 6.10 Å². The van der Waals surface area contributed by atoms with Crippen LogP contribution in [0.5, 0.6) is 11.5 Å². The van der Waals surface area contributed by atoms with Crippen molar-refractivity contribution in [2.24, 2.45) is 0 Å². The highest BCUT2D eigenvalue weighted by molar-refractivity contribution is 5.94. The average molecular weight is 269 g/mol. The van der Waals surface area contributed by atoms with Crippen LogP contribution in [0.15, 0.2) is 18.2 Å². The number of carbonyl (C=O) groups excluding carboxylic acids is 1. The highest BCUT2D eigenvalue weighted by atomic mass is 16.5. The molecule has 0 aromatic heterocycles. The van der Waals surface area contributed by atoms with E-state index in [0.717, 1.165) is 0 Å². The summed E-state index contributed by atoms with van der Waals surface area (Å²) in [6.45, 7) is 0.299. The Balaban J connectivity index is 2.67. The van der Waals surface area contributed by atoms with Crippen molar-refractivity contribution in [1.29, 1.82) is 0 Å². The van der Waals surface area contributed by atoms with Gasteiger partial charge in [0, 0.05) is 19.2 Å². The quantitative estimate of drug-likeness (QED) is 0.751.